The van der Waals surface area contributed by atoms with E-state index in [1.807, 2.05) is 17.8 Å². The van der Waals surface area contributed by atoms with Gasteiger partial charge in [-0.3, -0.25) is 10.1 Å². The first-order chi connectivity index (χ1) is 12.7. The van der Waals surface area contributed by atoms with E-state index in [2.05, 4.69) is 50.6 Å². The molecule has 3 aromatic rings. The first-order valence-corrected chi connectivity index (χ1v) is 11.9. The van der Waals surface area contributed by atoms with Crippen LogP contribution in [0.1, 0.15) is 20.3 Å². The number of nitrogens with zero attached hydrogens (tertiary/aromatic N) is 3. The molecule has 0 saturated heterocycles. The molecule has 0 aliphatic heterocycles. The van der Waals surface area contributed by atoms with E-state index in [9.17, 15) is 4.79 Å². The third kappa shape index (κ3) is 5.38. The number of thioether (sulfide) groups is 3. The number of carbonyl (C=O) groups is 1. The van der Waals surface area contributed by atoms with E-state index in [0.29, 0.717) is 5.95 Å². The zero-order valence-corrected chi connectivity index (χ0v) is 17.7. The van der Waals surface area contributed by atoms with Crippen molar-refractivity contribution in [2.24, 2.45) is 0 Å². The third-order valence-electron chi connectivity index (χ3n) is 3.17. The Morgan fingerprint density at radius 3 is 2.92 bits per heavy atom. The summed E-state index contributed by atoms with van der Waals surface area (Å²) in [5.41, 5.74) is 1.78. The van der Waals surface area contributed by atoms with Crippen LogP contribution in [0.15, 0.2) is 32.6 Å². The maximum absolute atomic E-state index is 12.2. The van der Waals surface area contributed by atoms with Gasteiger partial charge in [0.05, 0.1) is 16.8 Å². The molecule has 0 fully saturated rings. The number of amides is 1. The zero-order valence-electron chi connectivity index (χ0n) is 14.4. The molecule has 2 aromatic heterocycles. The largest absolute Gasteiger partial charge is 0.324 e. The number of benzene rings is 1. The number of anilines is 1. The van der Waals surface area contributed by atoms with Gasteiger partial charge in [0.2, 0.25) is 17.0 Å². The molecule has 3 rings (SSSR count). The van der Waals surface area contributed by atoms with Gasteiger partial charge in [0.15, 0.2) is 4.34 Å². The molecule has 0 aliphatic carbocycles. The Balaban J connectivity index is 1.56. The molecular weight excluding hydrogens is 406 g/mol. The lowest BCUT2D eigenvalue weighted by atomic mass is 10.3. The van der Waals surface area contributed by atoms with Gasteiger partial charge >= 0.3 is 0 Å². The van der Waals surface area contributed by atoms with Gasteiger partial charge in [0.1, 0.15) is 0 Å². The van der Waals surface area contributed by atoms with E-state index in [4.69, 9.17) is 0 Å². The smallest absolute Gasteiger partial charge is 0.237 e. The van der Waals surface area contributed by atoms with Crippen molar-refractivity contribution < 1.29 is 4.79 Å². The Labute approximate surface area is 168 Å². The Hall–Kier alpha value is -1.23. The summed E-state index contributed by atoms with van der Waals surface area (Å²) in [4.78, 5) is 25.3. The SMILES string of the molecule is CCCSc1ccc2nc(NC(=O)CSc3nc(SCC)ns3)[nH]c2c1. The molecule has 0 aliphatic rings. The number of carbonyl (C=O) groups excluding carboxylic acids is 1. The molecule has 2 heterocycles. The number of fused-ring (bicyclic) bond motifs is 1. The Bertz CT molecular complexity index is 879. The van der Waals surface area contributed by atoms with E-state index in [1.165, 1.54) is 28.2 Å². The molecular formula is C16H19N5OS4. The molecule has 10 heteroatoms. The number of hydrogen-bond acceptors (Lipinski definition) is 8. The minimum absolute atomic E-state index is 0.116. The molecule has 1 aromatic carbocycles. The first-order valence-electron chi connectivity index (χ1n) is 8.19. The molecule has 2 N–H and O–H groups in total. The van der Waals surface area contributed by atoms with Gasteiger partial charge in [-0.2, -0.15) is 4.37 Å². The molecule has 0 atom stereocenters. The molecule has 0 bridgehead atoms. The van der Waals surface area contributed by atoms with E-state index < -0.39 is 0 Å². The van der Waals surface area contributed by atoms with Crippen LogP contribution < -0.4 is 5.32 Å². The van der Waals surface area contributed by atoms with Crippen molar-refractivity contribution in [1.82, 2.24) is 19.3 Å². The summed E-state index contributed by atoms with van der Waals surface area (Å²) in [6.07, 6.45) is 1.14. The minimum atomic E-state index is -0.116. The molecule has 138 valence electrons. The third-order valence-corrected chi connectivity index (χ3v) is 7.05. The first kappa shape index (κ1) is 19.5. The van der Waals surface area contributed by atoms with Gasteiger partial charge in [0, 0.05) is 4.90 Å². The second-order valence-electron chi connectivity index (χ2n) is 5.23. The normalized spacial score (nSPS) is 11.2. The molecule has 0 unspecified atom stereocenters. The number of H-pyrrole nitrogens is 1. The number of aromatic amines is 1. The van der Waals surface area contributed by atoms with Gasteiger partial charge in [0.25, 0.3) is 0 Å². The highest BCUT2D eigenvalue weighted by molar-refractivity contribution is 8.01. The van der Waals surface area contributed by atoms with Gasteiger partial charge in [-0.15, -0.1) is 11.8 Å². The summed E-state index contributed by atoms with van der Waals surface area (Å²) < 4.78 is 5.05. The van der Waals surface area contributed by atoms with Crippen LogP contribution in [0.4, 0.5) is 5.95 Å². The van der Waals surface area contributed by atoms with E-state index in [-0.39, 0.29) is 11.7 Å². The van der Waals surface area contributed by atoms with E-state index in [0.717, 1.165) is 38.5 Å². The Kier molecular flexibility index (Phi) is 7.23. The predicted molar refractivity (Wildman–Crippen MR) is 113 cm³/mol. The van der Waals surface area contributed by atoms with Crippen molar-refractivity contribution in [3.63, 3.8) is 0 Å². The number of nitrogens with one attached hydrogen (secondary N) is 2. The quantitative estimate of drug-likeness (QED) is 0.478. The van der Waals surface area contributed by atoms with Gasteiger partial charge < -0.3 is 4.98 Å². The van der Waals surface area contributed by atoms with Crippen molar-refractivity contribution in [3.05, 3.63) is 18.2 Å². The summed E-state index contributed by atoms with van der Waals surface area (Å²) in [6, 6.07) is 6.11. The van der Waals surface area contributed by atoms with E-state index in [1.54, 1.807) is 11.8 Å². The fraction of sp³-hybridized carbons (Fsp3) is 0.375. The molecule has 1 amide bonds. The summed E-state index contributed by atoms with van der Waals surface area (Å²) in [5, 5.41) is 3.59. The number of rotatable bonds is 9. The van der Waals surface area contributed by atoms with Crippen LogP contribution in [-0.2, 0) is 4.79 Å². The van der Waals surface area contributed by atoms with Crippen molar-refractivity contribution in [3.8, 4) is 0 Å². The highest BCUT2D eigenvalue weighted by Gasteiger charge is 2.11. The summed E-state index contributed by atoms with van der Waals surface area (Å²) in [6.45, 7) is 4.23. The summed E-state index contributed by atoms with van der Waals surface area (Å²) >= 11 is 6.13. The maximum atomic E-state index is 12.2. The molecule has 6 nitrogen and oxygen atoms in total. The molecule has 0 saturated carbocycles. The average molecular weight is 426 g/mol. The Morgan fingerprint density at radius 1 is 1.23 bits per heavy atom. The Morgan fingerprint density at radius 2 is 2.12 bits per heavy atom. The van der Waals surface area contributed by atoms with Crippen LogP contribution in [0, 0.1) is 0 Å². The topological polar surface area (TPSA) is 83.6 Å². The fourth-order valence-electron chi connectivity index (χ4n) is 2.10. The van der Waals surface area contributed by atoms with Crippen LogP contribution in [0.3, 0.4) is 0 Å². The lowest BCUT2D eigenvalue weighted by Gasteiger charge is -1.99. The minimum Gasteiger partial charge on any atom is -0.324 e. The monoisotopic (exact) mass is 425 g/mol. The van der Waals surface area contributed by atoms with Crippen molar-refractivity contribution in [2.45, 2.75) is 34.7 Å². The number of hydrogen-bond donors (Lipinski definition) is 2. The molecule has 0 radical (unpaired) electrons. The van der Waals surface area contributed by atoms with Crippen molar-refractivity contribution in [2.75, 3.05) is 22.6 Å². The lowest BCUT2D eigenvalue weighted by molar-refractivity contribution is -0.113. The van der Waals surface area contributed by atoms with Crippen LogP contribution in [0.5, 0.6) is 0 Å². The second-order valence-corrected chi connectivity index (χ2v) is 9.60. The highest BCUT2D eigenvalue weighted by atomic mass is 32.2. The highest BCUT2D eigenvalue weighted by Crippen LogP contribution is 2.26. The molecule has 26 heavy (non-hydrogen) atoms. The van der Waals surface area contributed by atoms with Gasteiger partial charge in [-0.1, -0.05) is 37.4 Å². The van der Waals surface area contributed by atoms with Crippen LogP contribution >= 0.6 is 46.8 Å². The second kappa shape index (κ2) is 9.63. The van der Waals surface area contributed by atoms with Crippen LogP contribution in [0.25, 0.3) is 11.0 Å². The van der Waals surface area contributed by atoms with Gasteiger partial charge in [-0.25, -0.2) is 9.97 Å². The number of aromatic nitrogens is 4. The fourth-order valence-corrected chi connectivity index (χ4v) is 5.06. The van der Waals surface area contributed by atoms with Crippen LogP contribution in [0.2, 0.25) is 0 Å². The predicted octanol–water partition coefficient (Wildman–Crippen LogP) is 4.76. The lowest BCUT2D eigenvalue weighted by Crippen LogP contribution is -2.14. The molecule has 0 spiro atoms. The van der Waals surface area contributed by atoms with Crippen molar-refractivity contribution >= 4 is 69.7 Å². The average Bonchev–Trinajstić information content (AvgIpc) is 3.24. The zero-order chi connectivity index (χ0) is 18.4. The summed E-state index contributed by atoms with van der Waals surface area (Å²) in [7, 11) is 0. The summed E-state index contributed by atoms with van der Waals surface area (Å²) in [5.74, 6) is 2.66. The number of imidazole rings is 1. The van der Waals surface area contributed by atoms with Crippen LogP contribution in [-0.4, -0.2) is 42.5 Å². The van der Waals surface area contributed by atoms with Gasteiger partial charge in [-0.05, 0) is 47.7 Å². The van der Waals surface area contributed by atoms with E-state index >= 15 is 0 Å². The standard InChI is InChI=1S/C16H19N5OS4/c1-3-7-24-10-5-6-11-12(8-10)18-14(17-11)19-13(22)9-25-16-20-15(21-26-16)23-4-2/h5-6,8H,3-4,7,9H2,1-2H3,(H2,17,18,19,22). The van der Waals surface area contributed by atoms with Crippen molar-refractivity contribution in [1.29, 1.82) is 0 Å². The maximum Gasteiger partial charge on any atom is 0.237 e.